The van der Waals surface area contributed by atoms with Crippen LogP contribution in [-0.4, -0.2) is 55.6 Å². The van der Waals surface area contributed by atoms with E-state index < -0.39 is 0 Å². The third kappa shape index (κ3) is 3.28. The van der Waals surface area contributed by atoms with Crippen molar-refractivity contribution < 1.29 is 14.3 Å². The number of nitrogens with zero attached hydrogens (tertiary/aromatic N) is 5. The molecule has 0 unspecified atom stereocenters. The second-order valence-corrected chi connectivity index (χ2v) is 4.10. The van der Waals surface area contributed by atoms with Crippen molar-refractivity contribution in [1.82, 2.24) is 15.1 Å². The van der Waals surface area contributed by atoms with Gasteiger partial charge in [-0.25, -0.2) is 4.98 Å². The smallest absolute Gasteiger partial charge is 0.294 e. The Balaban J connectivity index is 2.31. The minimum Gasteiger partial charge on any atom is -0.594 e. The van der Waals surface area contributed by atoms with Crippen LogP contribution in [0, 0.1) is 5.21 Å². The van der Waals surface area contributed by atoms with Gasteiger partial charge in [-0.15, -0.1) is 0 Å². The van der Waals surface area contributed by atoms with Crippen molar-refractivity contribution in [3.05, 3.63) is 23.5 Å². The number of anilines is 1. The first-order valence-electron chi connectivity index (χ1n) is 6.21. The normalized spacial score (nSPS) is 10.9. The molecule has 0 N–H and O–H groups in total. The molecule has 0 bridgehead atoms. The number of hydrogen-bond donors (Lipinski definition) is 0. The lowest BCUT2D eigenvalue weighted by molar-refractivity contribution is -0.642. The van der Waals surface area contributed by atoms with Crippen LogP contribution in [0.5, 0.6) is 0 Å². The highest BCUT2D eigenvalue weighted by atomic mass is 16.5. The number of ether oxygens (including phenoxy) is 2. The number of rotatable bonds is 7. The molecule has 0 fully saturated rings. The van der Waals surface area contributed by atoms with Crippen LogP contribution < -0.4 is 9.75 Å². The Morgan fingerprint density at radius 3 is 2.60 bits per heavy atom. The molecule has 0 saturated heterocycles. The van der Waals surface area contributed by atoms with Crippen molar-refractivity contribution in [2.24, 2.45) is 0 Å². The fourth-order valence-electron chi connectivity index (χ4n) is 1.72. The number of pyridine rings is 1. The van der Waals surface area contributed by atoms with E-state index in [-0.39, 0.29) is 0 Å². The summed E-state index contributed by atoms with van der Waals surface area (Å²) >= 11 is 0. The van der Waals surface area contributed by atoms with Crippen molar-refractivity contribution in [2.45, 2.75) is 0 Å². The van der Waals surface area contributed by atoms with Gasteiger partial charge in [0.05, 0.1) is 18.3 Å². The highest BCUT2D eigenvalue weighted by Crippen LogP contribution is 2.09. The predicted molar refractivity (Wildman–Crippen MR) is 72.3 cm³/mol. The number of methoxy groups -OCH3 is 2. The van der Waals surface area contributed by atoms with Crippen LogP contribution in [0.15, 0.2) is 18.3 Å². The minimum absolute atomic E-state index is 0.320. The molecule has 0 atom stereocenters. The zero-order valence-corrected chi connectivity index (χ0v) is 11.5. The summed E-state index contributed by atoms with van der Waals surface area (Å²) in [4.78, 5) is 10.8. The third-order valence-corrected chi connectivity index (χ3v) is 2.77. The van der Waals surface area contributed by atoms with E-state index in [2.05, 4.69) is 15.1 Å². The molecule has 2 aromatic heterocycles. The summed E-state index contributed by atoms with van der Waals surface area (Å²) in [5.41, 5.74) is 0.710. The first-order valence-corrected chi connectivity index (χ1v) is 6.21. The molecule has 8 nitrogen and oxygen atoms in total. The lowest BCUT2D eigenvalue weighted by Crippen LogP contribution is -2.39. The molecular formula is C12H17N5O3. The molecular weight excluding hydrogens is 262 g/mol. The topological polar surface area (TPSA) is 87.3 Å². The molecule has 8 heteroatoms. The summed E-state index contributed by atoms with van der Waals surface area (Å²) in [6.07, 6.45) is 1.59. The van der Waals surface area contributed by atoms with Gasteiger partial charge in [-0.3, -0.25) is 0 Å². The van der Waals surface area contributed by atoms with Gasteiger partial charge in [-0.1, -0.05) is 0 Å². The zero-order chi connectivity index (χ0) is 14.4. The quantitative estimate of drug-likeness (QED) is 0.510. The van der Waals surface area contributed by atoms with Gasteiger partial charge in [0.2, 0.25) is 5.65 Å². The van der Waals surface area contributed by atoms with Crippen LogP contribution >= 0.6 is 0 Å². The molecule has 20 heavy (non-hydrogen) atoms. The summed E-state index contributed by atoms with van der Waals surface area (Å²) in [5.74, 6) is 0.320. The van der Waals surface area contributed by atoms with Gasteiger partial charge in [0.15, 0.2) is 0 Å². The van der Waals surface area contributed by atoms with E-state index >= 15 is 0 Å². The maximum Gasteiger partial charge on any atom is 0.294 e. The zero-order valence-electron chi connectivity index (χ0n) is 11.5. The maximum absolute atomic E-state index is 11.9. The first kappa shape index (κ1) is 14.4. The van der Waals surface area contributed by atoms with Gasteiger partial charge < -0.3 is 19.6 Å². The molecule has 0 radical (unpaired) electrons. The number of hydrogen-bond acceptors (Lipinski definition) is 7. The van der Waals surface area contributed by atoms with Gasteiger partial charge in [0.1, 0.15) is 0 Å². The van der Waals surface area contributed by atoms with Crippen LogP contribution in [-0.2, 0) is 9.47 Å². The van der Waals surface area contributed by atoms with Crippen LogP contribution in [0.1, 0.15) is 0 Å². The van der Waals surface area contributed by atoms with Crippen molar-refractivity contribution in [1.29, 1.82) is 0 Å². The Morgan fingerprint density at radius 1 is 1.25 bits per heavy atom. The van der Waals surface area contributed by atoms with Gasteiger partial charge in [0.25, 0.3) is 11.5 Å². The standard InChI is InChI=1S/C12H17N5O3/c1-19-8-6-16(7-9-20-2)12-14-11-10(17(18)15-12)4-3-5-13-11/h3-5H,6-9H2,1-2H3. The first-order chi connectivity index (χ1) is 9.76. The summed E-state index contributed by atoms with van der Waals surface area (Å²) in [6, 6.07) is 3.31. The molecule has 2 heterocycles. The lowest BCUT2D eigenvalue weighted by atomic mass is 10.4. The number of fused-ring (bicyclic) bond motifs is 1. The molecule has 2 aromatic rings. The van der Waals surface area contributed by atoms with Crippen molar-refractivity contribution in [3.63, 3.8) is 0 Å². The Hall–Kier alpha value is -2.06. The van der Waals surface area contributed by atoms with E-state index in [1.807, 2.05) is 4.90 Å². The number of aromatic nitrogens is 4. The summed E-state index contributed by atoms with van der Waals surface area (Å²) < 4.78 is 10.1. The molecule has 2 rings (SSSR count). The molecule has 0 spiro atoms. The van der Waals surface area contributed by atoms with Gasteiger partial charge >= 0.3 is 0 Å². The highest BCUT2D eigenvalue weighted by Gasteiger charge is 2.17. The molecule has 0 aliphatic heterocycles. The Kier molecular flexibility index (Phi) is 4.97. The molecule has 0 aliphatic carbocycles. The van der Waals surface area contributed by atoms with Crippen LogP contribution in [0.3, 0.4) is 0 Å². The fraction of sp³-hybridized carbons (Fsp3) is 0.500. The lowest BCUT2D eigenvalue weighted by Gasteiger charge is -2.20. The van der Waals surface area contributed by atoms with E-state index in [0.717, 1.165) is 0 Å². The third-order valence-electron chi connectivity index (χ3n) is 2.77. The van der Waals surface area contributed by atoms with Crippen LogP contribution in [0.4, 0.5) is 5.95 Å². The Bertz CT molecular complexity index is 558. The summed E-state index contributed by atoms with van der Waals surface area (Å²) in [6.45, 7) is 2.15. The minimum atomic E-state index is 0.320. The SMILES string of the molecule is COCCN(CCOC)c1nc2ncccc2[n+]([O-])n1. The maximum atomic E-state index is 11.9. The Labute approximate surface area is 116 Å². The second kappa shape index (κ2) is 6.92. The van der Waals surface area contributed by atoms with Crippen LogP contribution in [0.2, 0.25) is 0 Å². The summed E-state index contributed by atoms with van der Waals surface area (Å²) in [5, 5.41) is 15.8. The van der Waals surface area contributed by atoms with Gasteiger partial charge in [0, 0.05) is 39.6 Å². The molecule has 0 saturated carbocycles. The summed E-state index contributed by atoms with van der Waals surface area (Å²) in [7, 11) is 3.23. The van der Waals surface area contributed by atoms with Crippen molar-refractivity contribution in [2.75, 3.05) is 45.4 Å². The van der Waals surface area contributed by atoms with E-state index in [9.17, 15) is 5.21 Å². The average molecular weight is 279 g/mol. The fourth-order valence-corrected chi connectivity index (χ4v) is 1.72. The van der Waals surface area contributed by atoms with Gasteiger partial charge in [-0.05, 0) is 10.9 Å². The van der Waals surface area contributed by atoms with Crippen molar-refractivity contribution in [3.8, 4) is 0 Å². The Morgan fingerprint density at radius 2 is 1.95 bits per heavy atom. The second-order valence-electron chi connectivity index (χ2n) is 4.10. The molecule has 0 aliphatic rings. The highest BCUT2D eigenvalue weighted by molar-refractivity contribution is 5.66. The van der Waals surface area contributed by atoms with Gasteiger partial charge in [-0.2, -0.15) is 4.98 Å². The molecule has 0 aromatic carbocycles. The molecule has 0 amide bonds. The van der Waals surface area contributed by atoms with Crippen molar-refractivity contribution >= 4 is 17.1 Å². The van der Waals surface area contributed by atoms with E-state index in [1.165, 1.54) is 0 Å². The average Bonchev–Trinajstić information content (AvgIpc) is 2.47. The van der Waals surface area contributed by atoms with Crippen LogP contribution in [0.25, 0.3) is 11.2 Å². The van der Waals surface area contributed by atoms with E-state index in [1.54, 1.807) is 32.5 Å². The monoisotopic (exact) mass is 279 g/mol. The van der Waals surface area contributed by atoms with E-state index in [4.69, 9.17) is 9.47 Å². The predicted octanol–water partition coefficient (Wildman–Crippen LogP) is -0.243. The van der Waals surface area contributed by atoms with E-state index in [0.29, 0.717) is 48.3 Å². The molecule has 108 valence electrons. The largest absolute Gasteiger partial charge is 0.594 e.